The van der Waals surface area contributed by atoms with Crippen molar-refractivity contribution >= 4 is 29.6 Å². The third-order valence-corrected chi connectivity index (χ3v) is 10.6. The molecule has 0 aliphatic carbocycles. The van der Waals surface area contributed by atoms with Crippen molar-refractivity contribution in [2.75, 3.05) is 31.1 Å². The molecule has 1 atom stereocenters. The fourth-order valence-corrected chi connectivity index (χ4v) is 7.45. The van der Waals surface area contributed by atoms with Crippen LogP contribution in [0.2, 0.25) is 0 Å². The Bertz CT molecular complexity index is 1670. The fraction of sp³-hybridized carbons (Fsp3) is 0.400. The average molecular weight is 661 g/mol. The number of aliphatic imine (C=N–C) groups is 1. The van der Waals surface area contributed by atoms with Crippen LogP contribution in [0.5, 0.6) is 0 Å². The predicted molar refractivity (Wildman–Crippen MR) is 194 cm³/mol. The van der Waals surface area contributed by atoms with Gasteiger partial charge in [0.15, 0.2) is 0 Å². The molecule has 0 bridgehead atoms. The topological polar surface area (TPSA) is 97.4 Å². The second kappa shape index (κ2) is 15.2. The molecule has 2 N–H and O–H groups in total. The van der Waals surface area contributed by atoms with E-state index in [0.29, 0.717) is 11.6 Å². The molecular formula is C40H48N6O3. The summed E-state index contributed by atoms with van der Waals surface area (Å²) in [4.78, 5) is 50.0. The molecule has 2 saturated heterocycles. The summed E-state index contributed by atoms with van der Waals surface area (Å²) in [6.07, 6.45) is 5.71. The molecule has 9 heteroatoms. The van der Waals surface area contributed by atoms with E-state index in [1.54, 1.807) is 30.6 Å². The number of anilines is 1. The van der Waals surface area contributed by atoms with Gasteiger partial charge in [-0.05, 0) is 69.7 Å². The lowest BCUT2D eigenvalue weighted by Crippen LogP contribution is -2.58. The molecule has 3 aromatic rings. The Hall–Kier alpha value is -4.76. The van der Waals surface area contributed by atoms with E-state index in [2.05, 4.69) is 74.8 Å². The summed E-state index contributed by atoms with van der Waals surface area (Å²) in [5.41, 5.74) is 5.50. The highest BCUT2D eigenvalue weighted by Gasteiger charge is 2.40. The standard InChI is InChI=1S/C40H48N6O3/c1-29-36(30(2)43-28-42-29)39(49)44-24-20-40(3,21-25-44)45-22-18-35(19-23-45)46(27-32-10-6-4-7-11-32)34-16-14-31(15-17-34)26-41-38(48)37(47)33-12-8-5-9-13-33/h4-17,28-29,35H,18-27H2,1-3H3,(H,41,48)(H,42,43). The number of piperidine rings is 2. The van der Waals surface area contributed by atoms with Crippen LogP contribution in [-0.4, -0.2) is 77.5 Å². The first kappa shape index (κ1) is 34.1. The van der Waals surface area contributed by atoms with Crippen LogP contribution in [0.1, 0.15) is 67.9 Å². The van der Waals surface area contributed by atoms with Crippen LogP contribution in [0.3, 0.4) is 0 Å². The molecule has 3 aliphatic rings. The Morgan fingerprint density at radius 3 is 2.14 bits per heavy atom. The maximum absolute atomic E-state index is 13.4. The number of amides is 2. The molecule has 3 heterocycles. The Kier molecular flexibility index (Phi) is 10.6. The number of nitrogens with zero attached hydrogens (tertiary/aromatic N) is 4. The van der Waals surface area contributed by atoms with Crippen LogP contribution in [0.4, 0.5) is 5.69 Å². The zero-order valence-corrected chi connectivity index (χ0v) is 28.9. The second-order valence-corrected chi connectivity index (χ2v) is 13.8. The van der Waals surface area contributed by atoms with Crippen LogP contribution in [0, 0.1) is 0 Å². The normalized spacial score (nSPS) is 19.7. The molecule has 49 heavy (non-hydrogen) atoms. The minimum atomic E-state index is -0.600. The quantitative estimate of drug-likeness (QED) is 0.226. The monoisotopic (exact) mass is 660 g/mol. The van der Waals surface area contributed by atoms with E-state index in [4.69, 9.17) is 0 Å². The number of hydrogen-bond donors (Lipinski definition) is 2. The van der Waals surface area contributed by atoms with Crippen molar-refractivity contribution in [1.82, 2.24) is 20.4 Å². The van der Waals surface area contributed by atoms with Crippen LogP contribution in [0.15, 0.2) is 101 Å². The molecule has 0 radical (unpaired) electrons. The summed E-state index contributed by atoms with van der Waals surface area (Å²) in [5, 5.41) is 5.89. The van der Waals surface area contributed by atoms with Gasteiger partial charge in [0, 0.05) is 67.8 Å². The van der Waals surface area contributed by atoms with Crippen molar-refractivity contribution in [2.24, 2.45) is 4.99 Å². The van der Waals surface area contributed by atoms with Crippen molar-refractivity contribution in [3.63, 3.8) is 0 Å². The summed E-state index contributed by atoms with van der Waals surface area (Å²) < 4.78 is 0. The van der Waals surface area contributed by atoms with Crippen LogP contribution in [0.25, 0.3) is 0 Å². The van der Waals surface area contributed by atoms with Crippen LogP contribution < -0.4 is 15.5 Å². The molecule has 6 rings (SSSR count). The van der Waals surface area contributed by atoms with Crippen molar-refractivity contribution < 1.29 is 14.4 Å². The van der Waals surface area contributed by atoms with Crippen molar-refractivity contribution in [3.8, 4) is 0 Å². The van der Waals surface area contributed by atoms with E-state index in [9.17, 15) is 14.4 Å². The Morgan fingerprint density at radius 1 is 0.878 bits per heavy atom. The molecule has 0 aromatic heterocycles. The Labute approximate surface area is 290 Å². The molecular weight excluding hydrogens is 612 g/mol. The lowest BCUT2D eigenvalue weighted by Gasteiger charge is -2.50. The summed E-state index contributed by atoms with van der Waals surface area (Å²) in [6.45, 7) is 11.0. The zero-order chi connectivity index (χ0) is 34.4. The van der Waals surface area contributed by atoms with E-state index >= 15 is 0 Å². The van der Waals surface area contributed by atoms with Gasteiger partial charge in [0.05, 0.1) is 18.0 Å². The number of ketones is 1. The second-order valence-electron chi connectivity index (χ2n) is 13.8. The number of nitrogens with one attached hydrogen (secondary N) is 2. The van der Waals surface area contributed by atoms with Gasteiger partial charge in [0.1, 0.15) is 0 Å². The van der Waals surface area contributed by atoms with Crippen LogP contribution >= 0.6 is 0 Å². The number of allylic oxidation sites excluding steroid dienone is 1. The van der Waals surface area contributed by atoms with E-state index in [0.717, 1.165) is 80.9 Å². The predicted octanol–water partition coefficient (Wildman–Crippen LogP) is 5.33. The minimum Gasteiger partial charge on any atom is -0.364 e. The van der Waals surface area contributed by atoms with Crippen LogP contribution in [-0.2, 0) is 22.7 Å². The minimum absolute atomic E-state index is 0.0675. The molecule has 3 aromatic carbocycles. The number of rotatable bonds is 10. The molecule has 9 nitrogen and oxygen atoms in total. The summed E-state index contributed by atoms with van der Waals surface area (Å²) in [6, 6.07) is 27.8. The highest BCUT2D eigenvalue weighted by atomic mass is 16.2. The third kappa shape index (κ3) is 7.94. The third-order valence-electron chi connectivity index (χ3n) is 10.6. The van der Waals surface area contributed by atoms with Gasteiger partial charge in [-0.25, -0.2) is 0 Å². The Morgan fingerprint density at radius 2 is 1.51 bits per heavy atom. The summed E-state index contributed by atoms with van der Waals surface area (Å²) in [5.74, 6) is -1.02. The molecule has 2 amide bonds. The largest absolute Gasteiger partial charge is 0.364 e. The molecule has 0 spiro atoms. The molecule has 0 saturated carbocycles. The van der Waals surface area contributed by atoms with Crippen molar-refractivity contribution in [2.45, 2.75) is 77.2 Å². The first-order valence-corrected chi connectivity index (χ1v) is 17.5. The van der Waals surface area contributed by atoms with Gasteiger partial charge in [-0.15, -0.1) is 0 Å². The average Bonchev–Trinajstić information content (AvgIpc) is 3.14. The first-order chi connectivity index (χ1) is 23.7. The number of benzene rings is 3. The number of hydrogen-bond acceptors (Lipinski definition) is 7. The summed E-state index contributed by atoms with van der Waals surface area (Å²) in [7, 11) is 0. The SMILES string of the molecule is CC1=C(C(=O)N2CCC(C)(N3CCC(N(Cc4ccccc4)c4ccc(CNC(=O)C(=O)c5ccccc5)cc4)CC3)CC2)C(C)N=CN1. The van der Waals surface area contributed by atoms with Gasteiger partial charge >= 0.3 is 0 Å². The fourth-order valence-electron chi connectivity index (χ4n) is 7.45. The molecule has 2 fully saturated rings. The van der Waals surface area contributed by atoms with Gasteiger partial charge in [0.2, 0.25) is 5.78 Å². The highest BCUT2D eigenvalue weighted by Crippen LogP contribution is 2.34. The smallest absolute Gasteiger partial charge is 0.292 e. The van der Waals surface area contributed by atoms with Gasteiger partial charge in [-0.3, -0.25) is 24.3 Å². The van der Waals surface area contributed by atoms with E-state index in [1.165, 1.54) is 5.56 Å². The van der Waals surface area contributed by atoms with Gasteiger partial charge in [0.25, 0.3) is 11.8 Å². The lowest BCUT2D eigenvalue weighted by molar-refractivity contribution is -0.130. The first-order valence-electron chi connectivity index (χ1n) is 17.5. The van der Waals surface area contributed by atoms with Crippen molar-refractivity contribution in [3.05, 3.63) is 113 Å². The van der Waals surface area contributed by atoms with E-state index in [1.807, 2.05) is 36.9 Å². The summed E-state index contributed by atoms with van der Waals surface area (Å²) >= 11 is 0. The zero-order valence-electron chi connectivity index (χ0n) is 28.9. The lowest BCUT2D eigenvalue weighted by atomic mass is 9.85. The number of likely N-dealkylation sites (tertiary alicyclic amines) is 2. The maximum atomic E-state index is 13.4. The van der Waals surface area contributed by atoms with Gasteiger partial charge < -0.3 is 20.4 Å². The van der Waals surface area contributed by atoms with Gasteiger partial charge in [-0.2, -0.15) is 0 Å². The number of Topliss-reactive ketones (excluding diaryl/α,β-unsaturated/α-hetero) is 1. The van der Waals surface area contributed by atoms with Crippen molar-refractivity contribution in [1.29, 1.82) is 0 Å². The highest BCUT2D eigenvalue weighted by molar-refractivity contribution is 6.42. The number of carbonyl (C=O) groups is 3. The van der Waals surface area contributed by atoms with Gasteiger partial charge in [-0.1, -0.05) is 72.8 Å². The molecule has 256 valence electrons. The number of carbonyl (C=O) groups excluding carboxylic acids is 3. The van der Waals surface area contributed by atoms with E-state index < -0.39 is 11.7 Å². The van der Waals surface area contributed by atoms with E-state index in [-0.39, 0.29) is 24.0 Å². The Balaban J connectivity index is 1.07. The maximum Gasteiger partial charge on any atom is 0.292 e. The molecule has 1 unspecified atom stereocenters. The molecule has 3 aliphatic heterocycles.